The first-order valence-electron chi connectivity index (χ1n) is 8.74. The van der Waals surface area contributed by atoms with E-state index < -0.39 is 15.7 Å². The number of benzene rings is 2. The molecule has 0 aliphatic carbocycles. The maximum atomic E-state index is 12.6. The van der Waals surface area contributed by atoms with Crippen molar-refractivity contribution in [2.75, 3.05) is 5.75 Å². The molecule has 2 aromatic carbocycles. The second-order valence-electron chi connectivity index (χ2n) is 6.67. The van der Waals surface area contributed by atoms with Gasteiger partial charge >= 0.3 is 0 Å². The van der Waals surface area contributed by atoms with E-state index in [0.717, 1.165) is 10.2 Å². The van der Waals surface area contributed by atoms with Crippen molar-refractivity contribution < 1.29 is 13.2 Å². The van der Waals surface area contributed by atoms with Crippen molar-refractivity contribution >= 4 is 37.3 Å². The highest BCUT2D eigenvalue weighted by atomic mass is 32.2. The molecule has 0 atom stereocenters. The number of hydrogen-bond acceptors (Lipinski definition) is 4. The number of carbonyl (C=O) groups excluding carboxylic acids is 1. The van der Waals surface area contributed by atoms with E-state index in [1.807, 2.05) is 17.7 Å². The Morgan fingerprint density at radius 1 is 1.19 bits per heavy atom. The molecule has 142 valence electrons. The summed E-state index contributed by atoms with van der Waals surface area (Å²) in [6.07, 6.45) is 0. The van der Waals surface area contributed by atoms with Crippen LogP contribution in [0.1, 0.15) is 42.6 Å². The first-order valence-corrected chi connectivity index (χ1v) is 11.2. The van der Waals surface area contributed by atoms with Crippen molar-refractivity contribution in [3.63, 3.8) is 0 Å². The Hall–Kier alpha value is -2.25. The quantitative estimate of drug-likeness (QED) is 0.665. The Bertz CT molecular complexity index is 1190. The number of aromatic nitrogens is 1. The van der Waals surface area contributed by atoms with Crippen LogP contribution in [0.2, 0.25) is 0 Å². The molecule has 27 heavy (non-hydrogen) atoms. The highest BCUT2D eigenvalue weighted by molar-refractivity contribution is 7.91. The minimum absolute atomic E-state index is 0.00869. The van der Waals surface area contributed by atoms with Gasteiger partial charge in [-0.3, -0.25) is 4.79 Å². The van der Waals surface area contributed by atoms with Gasteiger partial charge in [-0.25, -0.2) is 8.42 Å². The zero-order chi connectivity index (χ0) is 19.8. The summed E-state index contributed by atoms with van der Waals surface area (Å²) in [7, 11) is -1.49. The van der Waals surface area contributed by atoms with Gasteiger partial charge in [0.2, 0.25) is 0 Å². The first kappa shape index (κ1) is 19.5. The zero-order valence-electron chi connectivity index (χ0n) is 15.8. The fraction of sp³-hybridized carbons (Fsp3) is 0.300. The number of hydrogen-bond donors (Lipinski definition) is 0. The molecule has 3 rings (SSSR count). The number of amides is 1. The maximum Gasteiger partial charge on any atom is 0.279 e. The second-order valence-corrected chi connectivity index (χ2v) is 9.96. The molecule has 0 saturated carbocycles. The predicted octanol–water partition coefficient (Wildman–Crippen LogP) is 3.90. The lowest BCUT2D eigenvalue weighted by Gasteiger charge is -2.04. The topological polar surface area (TPSA) is 68.5 Å². The number of thiazole rings is 1. The summed E-state index contributed by atoms with van der Waals surface area (Å²) in [5.41, 5.74) is 2.52. The molecule has 1 heterocycles. The minimum Gasteiger partial charge on any atom is -0.319 e. The first-order chi connectivity index (χ1) is 12.7. The van der Waals surface area contributed by atoms with Gasteiger partial charge in [0.15, 0.2) is 14.6 Å². The van der Waals surface area contributed by atoms with Gasteiger partial charge in [-0.05, 0) is 41.8 Å². The smallest absolute Gasteiger partial charge is 0.279 e. The molecule has 0 radical (unpaired) electrons. The van der Waals surface area contributed by atoms with Crippen LogP contribution < -0.4 is 4.80 Å². The van der Waals surface area contributed by atoms with Gasteiger partial charge in [-0.2, -0.15) is 4.99 Å². The van der Waals surface area contributed by atoms with Crippen molar-refractivity contribution in [1.82, 2.24) is 4.57 Å². The van der Waals surface area contributed by atoms with E-state index in [9.17, 15) is 13.2 Å². The molecule has 1 amide bonds. The third-order valence-electron chi connectivity index (χ3n) is 4.52. The largest absolute Gasteiger partial charge is 0.319 e. The van der Waals surface area contributed by atoms with E-state index in [1.54, 1.807) is 19.1 Å². The van der Waals surface area contributed by atoms with Crippen LogP contribution in [0.4, 0.5) is 0 Å². The Kier molecular flexibility index (Phi) is 5.35. The summed E-state index contributed by atoms with van der Waals surface area (Å²) in [5, 5.41) is 0. The SMILES string of the molecule is CCS(=O)(=O)c1cccc(C(=O)N=c2sc3cc(C(C)C)ccc3n2C)c1. The molecule has 0 fully saturated rings. The van der Waals surface area contributed by atoms with Crippen molar-refractivity contribution in [2.24, 2.45) is 12.0 Å². The van der Waals surface area contributed by atoms with E-state index >= 15 is 0 Å². The summed E-state index contributed by atoms with van der Waals surface area (Å²) in [6.45, 7) is 5.86. The Morgan fingerprint density at radius 3 is 2.59 bits per heavy atom. The lowest BCUT2D eigenvalue weighted by Crippen LogP contribution is -2.13. The van der Waals surface area contributed by atoms with Crippen LogP contribution in [-0.4, -0.2) is 24.6 Å². The van der Waals surface area contributed by atoms with Crippen LogP contribution in [0.5, 0.6) is 0 Å². The van der Waals surface area contributed by atoms with Gasteiger partial charge in [-0.15, -0.1) is 0 Å². The number of fused-ring (bicyclic) bond motifs is 1. The molecule has 5 nitrogen and oxygen atoms in total. The molecular weight excluding hydrogens is 380 g/mol. The van der Waals surface area contributed by atoms with Crippen LogP contribution in [0.3, 0.4) is 0 Å². The molecule has 0 spiro atoms. The maximum absolute atomic E-state index is 12.6. The minimum atomic E-state index is -3.37. The number of nitrogens with zero attached hydrogens (tertiary/aromatic N) is 2. The summed E-state index contributed by atoms with van der Waals surface area (Å²) < 4.78 is 27.0. The number of rotatable bonds is 4. The molecule has 0 aliphatic heterocycles. The molecule has 7 heteroatoms. The molecule has 0 bridgehead atoms. The third-order valence-corrected chi connectivity index (χ3v) is 7.34. The lowest BCUT2D eigenvalue weighted by atomic mass is 10.0. The van der Waals surface area contributed by atoms with Crippen molar-refractivity contribution in [3.05, 3.63) is 58.4 Å². The Balaban J connectivity index is 2.05. The van der Waals surface area contributed by atoms with Gasteiger partial charge < -0.3 is 4.57 Å². The Labute approximate surface area is 162 Å². The van der Waals surface area contributed by atoms with Gasteiger partial charge in [0.25, 0.3) is 5.91 Å². The van der Waals surface area contributed by atoms with Crippen LogP contribution in [0.15, 0.2) is 52.4 Å². The normalized spacial score (nSPS) is 12.9. The predicted molar refractivity (Wildman–Crippen MR) is 109 cm³/mol. The molecule has 3 aromatic rings. The van der Waals surface area contributed by atoms with Crippen LogP contribution in [0.25, 0.3) is 10.2 Å². The fourth-order valence-electron chi connectivity index (χ4n) is 2.76. The molecule has 0 N–H and O–H groups in total. The Morgan fingerprint density at radius 2 is 1.93 bits per heavy atom. The average molecular weight is 403 g/mol. The van der Waals surface area contributed by atoms with Gasteiger partial charge in [0.05, 0.1) is 20.9 Å². The monoisotopic (exact) mass is 402 g/mol. The van der Waals surface area contributed by atoms with Gasteiger partial charge in [0.1, 0.15) is 0 Å². The summed E-state index contributed by atoms with van der Waals surface area (Å²) in [4.78, 5) is 17.6. The van der Waals surface area contributed by atoms with Crippen LogP contribution in [-0.2, 0) is 16.9 Å². The number of sulfone groups is 1. The molecule has 0 unspecified atom stereocenters. The molecular formula is C20H22N2O3S2. The van der Waals surface area contributed by atoms with Crippen molar-refractivity contribution in [2.45, 2.75) is 31.6 Å². The van der Waals surface area contributed by atoms with Gasteiger partial charge in [-0.1, -0.05) is 44.2 Å². The van der Waals surface area contributed by atoms with Gasteiger partial charge in [0, 0.05) is 12.6 Å². The van der Waals surface area contributed by atoms with E-state index in [0.29, 0.717) is 10.7 Å². The van der Waals surface area contributed by atoms with Crippen molar-refractivity contribution in [3.8, 4) is 0 Å². The zero-order valence-corrected chi connectivity index (χ0v) is 17.4. The standard InChI is InChI=1S/C20H22N2O3S2/c1-5-27(24,25)16-8-6-7-15(11-16)19(23)21-20-22(4)17-10-9-14(13(2)3)12-18(17)26-20/h6-13H,5H2,1-4H3. The number of carbonyl (C=O) groups is 1. The third kappa shape index (κ3) is 3.89. The van der Waals surface area contributed by atoms with Crippen LogP contribution >= 0.6 is 11.3 Å². The fourth-order valence-corrected chi connectivity index (χ4v) is 4.75. The molecule has 1 aromatic heterocycles. The lowest BCUT2D eigenvalue weighted by molar-refractivity contribution is 0.0997. The average Bonchev–Trinajstić information content (AvgIpc) is 2.96. The second kappa shape index (κ2) is 7.40. The highest BCUT2D eigenvalue weighted by Crippen LogP contribution is 2.23. The summed E-state index contributed by atoms with van der Waals surface area (Å²) >= 11 is 1.45. The van der Waals surface area contributed by atoms with Crippen molar-refractivity contribution in [1.29, 1.82) is 0 Å². The van der Waals surface area contributed by atoms with E-state index in [2.05, 4.69) is 31.0 Å². The van der Waals surface area contributed by atoms with E-state index in [4.69, 9.17) is 0 Å². The molecule has 0 aliphatic rings. The summed E-state index contributed by atoms with van der Waals surface area (Å²) in [5.74, 6) is -0.0351. The van der Waals surface area contributed by atoms with Crippen LogP contribution in [0, 0.1) is 0 Å². The van der Waals surface area contributed by atoms with E-state index in [-0.39, 0.29) is 16.2 Å². The molecule has 0 saturated heterocycles. The highest BCUT2D eigenvalue weighted by Gasteiger charge is 2.14. The summed E-state index contributed by atoms with van der Waals surface area (Å²) in [6, 6.07) is 12.3. The van der Waals surface area contributed by atoms with E-state index in [1.165, 1.54) is 29.0 Å². The number of aryl methyl sites for hydroxylation is 1.